The van der Waals surface area contributed by atoms with Crippen molar-refractivity contribution in [1.29, 1.82) is 0 Å². The highest BCUT2D eigenvalue weighted by Gasteiger charge is 2.25. The second-order valence-electron chi connectivity index (χ2n) is 7.80. The molecule has 1 saturated heterocycles. The fourth-order valence-corrected chi connectivity index (χ4v) is 3.81. The van der Waals surface area contributed by atoms with E-state index in [0.717, 1.165) is 29.6 Å². The molecule has 1 fully saturated rings. The van der Waals surface area contributed by atoms with Gasteiger partial charge < -0.3 is 19.7 Å². The van der Waals surface area contributed by atoms with Crippen LogP contribution in [0.15, 0.2) is 60.4 Å². The molecule has 2 aromatic carbocycles. The van der Waals surface area contributed by atoms with Crippen molar-refractivity contribution in [2.24, 2.45) is 7.05 Å². The molecular weight excluding hydrogens is 395 g/mol. The molecule has 1 aromatic heterocycles. The highest BCUT2D eigenvalue weighted by molar-refractivity contribution is 6.06. The van der Waals surface area contributed by atoms with Crippen LogP contribution in [-0.4, -0.2) is 59.4 Å². The Bertz CT molecular complexity index is 1160. The van der Waals surface area contributed by atoms with Crippen molar-refractivity contribution < 1.29 is 14.0 Å². The van der Waals surface area contributed by atoms with Crippen molar-refractivity contribution in [1.82, 2.24) is 19.7 Å². The normalized spacial score (nSPS) is 15.3. The number of carbonyl (C=O) groups is 2. The number of hydrogen-bond donors (Lipinski definition) is 1. The third-order valence-corrected chi connectivity index (χ3v) is 5.62. The first-order valence-electron chi connectivity index (χ1n) is 10.2. The average Bonchev–Trinajstić information content (AvgIpc) is 3.09. The van der Waals surface area contributed by atoms with E-state index in [1.165, 1.54) is 18.2 Å². The van der Waals surface area contributed by atoms with Crippen LogP contribution >= 0.6 is 0 Å². The van der Waals surface area contributed by atoms with E-state index < -0.39 is 11.7 Å². The molecule has 1 aliphatic heterocycles. The van der Waals surface area contributed by atoms with Gasteiger partial charge in [-0.1, -0.05) is 30.3 Å². The smallest absolute Gasteiger partial charge is 0.270 e. The van der Waals surface area contributed by atoms with Gasteiger partial charge in [-0.25, -0.2) is 4.39 Å². The van der Waals surface area contributed by atoms with Gasteiger partial charge in [-0.3, -0.25) is 9.59 Å². The van der Waals surface area contributed by atoms with Gasteiger partial charge in [-0.15, -0.1) is 0 Å². The Balaban J connectivity index is 1.71. The van der Waals surface area contributed by atoms with Gasteiger partial charge in [-0.2, -0.15) is 0 Å². The minimum atomic E-state index is -0.646. The number of hydrogen-bond acceptors (Lipinski definition) is 3. The Morgan fingerprint density at radius 1 is 0.968 bits per heavy atom. The van der Waals surface area contributed by atoms with Gasteiger partial charge in [0, 0.05) is 55.9 Å². The molecule has 7 heteroatoms. The number of nitrogens with one attached hydrogen (secondary N) is 1. The van der Waals surface area contributed by atoms with Gasteiger partial charge in [0.1, 0.15) is 11.5 Å². The Morgan fingerprint density at radius 3 is 2.39 bits per heavy atom. The molecule has 0 spiro atoms. The second-order valence-corrected chi connectivity index (χ2v) is 7.80. The number of likely N-dealkylation sites (N-methyl/N-ethyl adjacent to an activating group) is 1. The van der Waals surface area contributed by atoms with Gasteiger partial charge in [0.25, 0.3) is 11.8 Å². The summed E-state index contributed by atoms with van der Waals surface area (Å²) in [4.78, 5) is 30.0. The van der Waals surface area contributed by atoms with E-state index in [-0.39, 0.29) is 17.2 Å². The van der Waals surface area contributed by atoms with Crippen molar-refractivity contribution in [2.75, 3.05) is 33.2 Å². The Morgan fingerprint density at radius 2 is 1.65 bits per heavy atom. The molecule has 0 saturated carbocycles. The van der Waals surface area contributed by atoms with Gasteiger partial charge >= 0.3 is 0 Å². The average molecular weight is 420 g/mol. The van der Waals surface area contributed by atoms with Crippen LogP contribution in [-0.2, 0) is 11.8 Å². The predicted octanol–water partition coefficient (Wildman–Crippen LogP) is 2.86. The molecule has 0 unspecified atom stereocenters. The van der Waals surface area contributed by atoms with Crippen LogP contribution in [0.25, 0.3) is 17.0 Å². The molecular formula is C24H25FN4O2. The fraction of sp³-hybridized carbons (Fsp3) is 0.250. The lowest BCUT2D eigenvalue weighted by atomic mass is 10.1. The van der Waals surface area contributed by atoms with Gasteiger partial charge in [0.15, 0.2) is 0 Å². The van der Waals surface area contributed by atoms with Crippen molar-refractivity contribution in [3.63, 3.8) is 0 Å². The first kappa shape index (κ1) is 20.8. The molecule has 2 heterocycles. The Kier molecular flexibility index (Phi) is 5.86. The highest BCUT2D eigenvalue weighted by atomic mass is 19.1. The molecule has 0 atom stereocenters. The summed E-state index contributed by atoms with van der Waals surface area (Å²) in [5.41, 5.74) is 1.86. The summed E-state index contributed by atoms with van der Waals surface area (Å²) in [7, 11) is 3.94. The molecule has 4 rings (SSSR count). The molecule has 3 aromatic rings. The molecule has 1 aliphatic rings. The maximum absolute atomic E-state index is 14.1. The van der Waals surface area contributed by atoms with E-state index in [9.17, 15) is 14.0 Å². The van der Waals surface area contributed by atoms with Crippen molar-refractivity contribution >= 4 is 28.8 Å². The highest BCUT2D eigenvalue weighted by Crippen LogP contribution is 2.23. The van der Waals surface area contributed by atoms with Crippen molar-refractivity contribution in [2.45, 2.75) is 0 Å². The summed E-state index contributed by atoms with van der Waals surface area (Å²) >= 11 is 0. The molecule has 0 radical (unpaired) electrons. The lowest BCUT2D eigenvalue weighted by Crippen LogP contribution is -2.49. The number of rotatable bonds is 4. The van der Waals surface area contributed by atoms with E-state index in [1.54, 1.807) is 17.0 Å². The Hall–Kier alpha value is -3.45. The molecule has 1 N–H and O–H groups in total. The summed E-state index contributed by atoms with van der Waals surface area (Å²) in [6.45, 7) is 2.65. The third-order valence-electron chi connectivity index (χ3n) is 5.62. The zero-order valence-electron chi connectivity index (χ0n) is 17.6. The SMILES string of the molecule is CN1CCN(C(=O)/C(=C/c2cn(C)c3ccccc23)NC(=O)c2ccccc2F)CC1. The molecule has 160 valence electrons. The predicted molar refractivity (Wildman–Crippen MR) is 119 cm³/mol. The number of aromatic nitrogens is 1. The number of amides is 2. The zero-order valence-corrected chi connectivity index (χ0v) is 17.6. The fourth-order valence-electron chi connectivity index (χ4n) is 3.81. The summed E-state index contributed by atoms with van der Waals surface area (Å²) in [5, 5.41) is 3.64. The quantitative estimate of drug-likeness (QED) is 0.661. The standard InChI is InChI=1S/C24H25FN4O2/c1-27-11-13-29(14-12-27)24(31)21(26-23(30)19-8-3-5-9-20(19)25)15-17-16-28(2)22-10-6-4-7-18(17)22/h3-10,15-16H,11-14H2,1-2H3,(H,26,30)/b21-15-. The van der Waals surface area contributed by atoms with Gasteiger partial charge in [-0.05, 0) is 31.3 Å². The number of halogens is 1. The number of piperazine rings is 1. The zero-order chi connectivity index (χ0) is 22.0. The molecule has 31 heavy (non-hydrogen) atoms. The summed E-state index contributed by atoms with van der Waals surface area (Å²) in [6, 6.07) is 13.6. The van der Waals surface area contributed by atoms with Crippen molar-refractivity contribution in [3.8, 4) is 0 Å². The molecule has 0 aliphatic carbocycles. The van der Waals surface area contributed by atoms with Gasteiger partial charge in [0.2, 0.25) is 0 Å². The van der Waals surface area contributed by atoms with Crippen molar-refractivity contribution in [3.05, 3.63) is 77.4 Å². The monoisotopic (exact) mass is 420 g/mol. The summed E-state index contributed by atoms with van der Waals surface area (Å²) in [5.74, 6) is -1.55. The maximum Gasteiger partial charge on any atom is 0.270 e. The third kappa shape index (κ3) is 4.36. The van der Waals surface area contributed by atoms with Crippen LogP contribution in [0.4, 0.5) is 4.39 Å². The summed E-state index contributed by atoms with van der Waals surface area (Å²) in [6.07, 6.45) is 3.60. The maximum atomic E-state index is 14.1. The molecule has 6 nitrogen and oxygen atoms in total. The van der Waals surface area contributed by atoms with E-state index in [1.807, 2.05) is 49.1 Å². The Labute approximate surface area is 180 Å². The minimum absolute atomic E-state index is 0.0995. The van der Waals surface area contributed by atoms with Crippen LogP contribution in [0.1, 0.15) is 15.9 Å². The number of nitrogens with zero attached hydrogens (tertiary/aromatic N) is 3. The van der Waals surface area contributed by atoms with Crippen LogP contribution in [0.5, 0.6) is 0 Å². The van der Waals surface area contributed by atoms with Crippen LogP contribution in [0.3, 0.4) is 0 Å². The lowest BCUT2D eigenvalue weighted by molar-refractivity contribution is -0.128. The number of aryl methyl sites for hydroxylation is 1. The number of fused-ring (bicyclic) bond motifs is 1. The van der Waals surface area contributed by atoms with Crippen LogP contribution < -0.4 is 5.32 Å². The van der Waals surface area contributed by atoms with E-state index in [4.69, 9.17) is 0 Å². The first-order valence-corrected chi connectivity index (χ1v) is 10.2. The molecule has 0 bridgehead atoms. The van der Waals surface area contributed by atoms with Gasteiger partial charge in [0.05, 0.1) is 5.56 Å². The second kappa shape index (κ2) is 8.73. The number of benzene rings is 2. The van der Waals surface area contributed by atoms with E-state index >= 15 is 0 Å². The van der Waals surface area contributed by atoms with E-state index in [0.29, 0.717) is 13.1 Å². The largest absolute Gasteiger partial charge is 0.350 e. The van der Waals surface area contributed by atoms with Crippen LogP contribution in [0.2, 0.25) is 0 Å². The van der Waals surface area contributed by atoms with Crippen LogP contribution in [0, 0.1) is 5.82 Å². The lowest BCUT2D eigenvalue weighted by Gasteiger charge is -2.33. The number of para-hydroxylation sites is 1. The van der Waals surface area contributed by atoms with E-state index in [2.05, 4.69) is 10.2 Å². The summed E-state index contributed by atoms with van der Waals surface area (Å²) < 4.78 is 16.1. The first-order chi connectivity index (χ1) is 14.9. The topological polar surface area (TPSA) is 57.6 Å². The number of carbonyl (C=O) groups excluding carboxylic acids is 2. The minimum Gasteiger partial charge on any atom is -0.350 e. The molecule has 2 amide bonds.